The SMILES string of the molecule is NC(CCC(=O)O)C(=O)c1ccccc1-c1ccccc1. The second-order valence-corrected chi connectivity index (χ2v) is 4.81. The summed E-state index contributed by atoms with van der Waals surface area (Å²) in [5.41, 5.74) is 8.11. The summed E-state index contributed by atoms with van der Waals surface area (Å²) in [6.45, 7) is 0. The van der Waals surface area contributed by atoms with Gasteiger partial charge in [-0.05, 0) is 17.5 Å². The van der Waals surface area contributed by atoms with Gasteiger partial charge in [0.15, 0.2) is 5.78 Å². The van der Waals surface area contributed by atoms with Crippen molar-refractivity contribution in [3.8, 4) is 11.1 Å². The van der Waals surface area contributed by atoms with E-state index < -0.39 is 12.0 Å². The van der Waals surface area contributed by atoms with E-state index in [9.17, 15) is 9.59 Å². The number of nitrogens with two attached hydrogens (primary N) is 1. The summed E-state index contributed by atoms with van der Waals surface area (Å²) < 4.78 is 0. The minimum atomic E-state index is -0.949. The van der Waals surface area contributed by atoms with E-state index in [2.05, 4.69) is 0 Å². The third-order valence-corrected chi connectivity index (χ3v) is 3.28. The van der Waals surface area contributed by atoms with Gasteiger partial charge in [-0.15, -0.1) is 0 Å². The van der Waals surface area contributed by atoms with Crippen molar-refractivity contribution < 1.29 is 14.7 Å². The predicted molar refractivity (Wildman–Crippen MR) is 81.1 cm³/mol. The van der Waals surface area contributed by atoms with Crippen LogP contribution < -0.4 is 5.73 Å². The summed E-state index contributed by atoms with van der Waals surface area (Å²) in [7, 11) is 0. The molecule has 4 heteroatoms. The van der Waals surface area contributed by atoms with E-state index in [-0.39, 0.29) is 18.6 Å². The molecule has 0 heterocycles. The van der Waals surface area contributed by atoms with Gasteiger partial charge in [-0.25, -0.2) is 0 Å². The van der Waals surface area contributed by atoms with E-state index in [4.69, 9.17) is 10.8 Å². The van der Waals surface area contributed by atoms with Gasteiger partial charge < -0.3 is 10.8 Å². The van der Waals surface area contributed by atoms with Gasteiger partial charge in [-0.3, -0.25) is 9.59 Å². The van der Waals surface area contributed by atoms with Gasteiger partial charge in [-0.1, -0.05) is 54.6 Å². The van der Waals surface area contributed by atoms with Crippen molar-refractivity contribution in [3.05, 3.63) is 60.2 Å². The monoisotopic (exact) mass is 283 g/mol. The highest BCUT2D eigenvalue weighted by Crippen LogP contribution is 2.24. The van der Waals surface area contributed by atoms with Gasteiger partial charge in [0.2, 0.25) is 0 Å². The topological polar surface area (TPSA) is 80.4 Å². The Labute approximate surface area is 123 Å². The average Bonchev–Trinajstić information content (AvgIpc) is 2.52. The van der Waals surface area contributed by atoms with E-state index >= 15 is 0 Å². The van der Waals surface area contributed by atoms with Crippen LogP contribution in [0, 0.1) is 0 Å². The first-order valence-electron chi connectivity index (χ1n) is 6.75. The number of carboxylic acids is 1. The number of aliphatic carboxylic acids is 1. The zero-order valence-corrected chi connectivity index (χ0v) is 11.5. The van der Waals surface area contributed by atoms with Crippen LogP contribution in [0.2, 0.25) is 0 Å². The molecule has 0 saturated carbocycles. The highest BCUT2D eigenvalue weighted by molar-refractivity contribution is 6.05. The molecule has 1 unspecified atom stereocenters. The van der Waals surface area contributed by atoms with Gasteiger partial charge >= 0.3 is 5.97 Å². The number of carboxylic acid groups (broad SMARTS) is 1. The van der Waals surface area contributed by atoms with Gasteiger partial charge in [0.1, 0.15) is 0 Å². The average molecular weight is 283 g/mol. The van der Waals surface area contributed by atoms with Gasteiger partial charge in [0.25, 0.3) is 0 Å². The molecule has 3 N–H and O–H groups in total. The molecule has 0 radical (unpaired) electrons. The van der Waals surface area contributed by atoms with E-state index in [1.807, 2.05) is 42.5 Å². The first-order chi connectivity index (χ1) is 10.1. The number of benzene rings is 2. The van der Waals surface area contributed by atoms with Gasteiger partial charge in [-0.2, -0.15) is 0 Å². The Balaban J connectivity index is 2.28. The molecule has 0 amide bonds. The Kier molecular flexibility index (Phi) is 4.85. The first kappa shape index (κ1) is 14.9. The van der Waals surface area contributed by atoms with Crippen molar-refractivity contribution in [1.82, 2.24) is 0 Å². The fraction of sp³-hybridized carbons (Fsp3) is 0.176. The number of hydrogen-bond acceptors (Lipinski definition) is 3. The molecule has 0 bridgehead atoms. The Bertz CT molecular complexity index is 637. The molecule has 0 aliphatic heterocycles. The number of carbonyl (C=O) groups is 2. The molecular formula is C17H17NO3. The number of hydrogen-bond donors (Lipinski definition) is 2. The lowest BCUT2D eigenvalue weighted by molar-refractivity contribution is -0.137. The molecule has 0 spiro atoms. The van der Waals surface area contributed by atoms with Crippen LogP contribution in [0.1, 0.15) is 23.2 Å². The third-order valence-electron chi connectivity index (χ3n) is 3.28. The number of rotatable bonds is 6. The summed E-state index contributed by atoms with van der Waals surface area (Å²) in [5, 5.41) is 8.68. The Hall–Kier alpha value is -2.46. The molecule has 1 atom stereocenters. The van der Waals surface area contributed by atoms with Crippen molar-refractivity contribution in [1.29, 1.82) is 0 Å². The van der Waals surface area contributed by atoms with E-state index in [1.165, 1.54) is 0 Å². The fourth-order valence-corrected chi connectivity index (χ4v) is 2.18. The summed E-state index contributed by atoms with van der Waals surface area (Å²) in [4.78, 5) is 23.0. The van der Waals surface area contributed by atoms with E-state index in [1.54, 1.807) is 12.1 Å². The van der Waals surface area contributed by atoms with Gasteiger partial charge in [0, 0.05) is 12.0 Å². The molecule has 2 aromatic carbocycles. The second-order valence-electron chi connectivity index (χ2n) is 4.81. The standard InChI is InChI=1S/C17H17NO3/c18-15(10-11-16(19)20)17(21)14-9-5-4-8-13(14)12-6-2-1-3-7-12/h1-9,15H,10-11,18H2,(H,19,20). The normalized spacial score (nSPS) is 11.9. The maximum atomic E-state index is 12.4. The number of carbonyl (C=O) groups excluding carboxylic acids is 1. The smallest absolute Gasteiger partial charge is 0.303 e. The quantitative estimate of drug-likeness (QED) is 0.799. The van der Waals surface area contributed by atoms with Crippen molar-refractivity contribution >= 4 is 11.8 Å². The van der Waals surface area contributed by atoms with E-state index in [0.717, 1.165) is 11.1 Å². The Morgan fingerprint density at radius 1 is 1.00 bits per heavy atom. The van der Waals surface area contributed by atoms with Crippen molar-refractivity contribution in [2.75, 3.05) is 0 Å². The molecule has 0 aliphatic carbocycles. The lowest BCUT2D eigenvalue weighted by Crippen LogP contribution is -2.31. The third kappa shape index (κ3) is 3.77. The summed E-state index contributed by atoms with van der Waals surface area (Å²) in [6.07, 6.45) is 0.0255. The lowest BCUT2D eigenvalue weighted by Gasteiger charge is -2.13. The van der Waals surface area contributed by atoms with Crippen LogP contribution >= 0.6 is 0 Å². The summed E-state index contributed by atoms with van der Waals surface area (Å²) >= 11 is 0. The molecule has 108 valence electrons. The summed E-state index contributed by atoms with van der Waals surface area (Å²) in [5.74, 6) is -1.18. The maximum absolute atomic E-state index is 12.4. The van der Waals surface area contributed by atoms with Crippen LogP contribution in [-0.2, 0) is 4.79 Å². The molecule has 0 fully saturated rings. The maximum Gasteiger partial charge on any atom is 0.303 e. The minimum absolute atomic E-state index is 0.111. The molecule has 0 saturated heterocycles. The molecule has 21 heavy (non-hydrogen) atoms. The van der Waals surface area contributed by atoms with Crippen LogP contribution in [0.15, 0.2) is 54.6 Å². The fourth-order valence-electron chi connectivity index (χ4n) is 2.18. The minimum Gasteiger partial charge on any atom is -0.481 e. The molecular weight excluding hydrogens is 266 g/mol. The van der Waals surface area contributed by atoms with Crippen LogP contribution in [-0.4, -0.2) is 22.9 Å². The molecule has 4 nitrogen and oxygen atoms in total. The predicted octanol–water partition coefficient (Wildman–Crippen LogP) is 2.73. The number of Topliss-reactive ketones (excluding diaryl/α,β-unsaturated/α-hetero) is 1. The lowest BCUT2D eigenvalue weighted by atomic mass is 9.93. The summed E-state index contributed by atoms with van der Waals surface area (Å²) in [6, 6.07) is 16.0. The van der Waals surface area contributed by atoms with Crippen molar-refractivity contribution in [3.63, 3.8) is 0 Å². The second kappa shape index (κ2) is 6.81. The zero-order chi connectivity index (χ0) is 15.2. The molecule has 2 rings (SSSR count). The zero-order valence-electron chi connectivity index (χ0n) is 11.5. The Morgan fingerprint density at radius 2 is 1.62 bits per heavy atom. The van der Waals surface area contributed by atoms with Crippen molar-refractivity contribution in [2.45, 2.75) is 18.9 Å². The molecule has 2 aromatic rings. The highest BCUT2D eigenvalue weighted by Gasteiger charge is 2.19. The Morgan fingerprint density at radius 3 is 2.29 bits per heavy atom. The largest absolute Gasteiger partial charge is 0.481 e. The molecule has 0 aliphatic rings. The van der Waals surface area contributed by atoms with Gasteiger partial charge in [0.05, 0.1) is 6.04 Å². The number of ketones is 1. The molecule has 0 aromatic heterocycles. The first-order valence-corrected chi connectivity index (χ1v) is 6.75. The van der Waals surface area contributed by atoms with Crippen molar-refractivity contribution in [2.24, 2.45) is 5.73 Å². The van der Waals surface area contributed by atoms with E-state index in [0.29, 0.717) is 5.56 Å². The highest BCUT2D eigenvalue weighted by atomic mass is 16.4. The van der Waals surface area contributed by atoms with Crippen LogP contribution in [0.25, 0.3) is 11.1 Å². The van der Waals surface area contributed by atoms with Crippen LogP contribution in [0.3, 0.4) is 0 Å². The van der Waals surface area contributed by atoms with Crippen LogP contribution in [0.5, 0.6) is 0 Å². The van der Waals surface area contributed by atoms with Crippen LogP contribution in [0.4, 0.5) is 0 Å².